The van der Waals surface area contributed by atoms with Gasteiger partial charge in [0, 0.05) is 18.2 Å². The Kier molecular flexibility index (Phi) is 7.69. The SMILES string of the molecule is Cc1noc(C)c1COc1cccc(C(=O)NCCCN(C)C2CCCCC2)c1. The van der Waals surface area contributed by atoms with Gasteiger partial charge in [0.1, 0.15) is 18.1 Å². The van der Waals surface area contributed by atoms with Gasteiger partial charge in [0.2, 0.25) is 0 Å². The van der Waals surface area contributed by atoms with Gasteiger partial charge in [-0.1, -0.05) is 30.5 Å². The first-order chi connectivity index (χ1) is 14.0. The Balaban J connectivity index is 1.43. The quantitative estimate of drug-likeness (QED) is 0.638. The third-order valence-electron chi connectivity index (χ3n) is 5.83. The highest BCUT2D eigenvalue weighted by Gasteiger charge is 2.17. The number of ether oxygens (including phenoxy) is 1. The van der Waals surface area contributed by atoms with Gasteiger partial charge in [0.15, 0.2) is 0 Å². The summed E-state index contributed by atoms with van der Waals surface area (Å²) in [6, 6.07) is 8.00. The third-order valence-corrected chi connectivity index (χ3v) is 5.83. The van der Waals surface area contributed by atoms with Crippen LogP contribution in [0.3, 0.4) is 0 Å². The van der Waals surface area contributed by atoms with E-state index in [-0.39, 0.29) is 5.91 Å². The minimum absolute atomic E-state index is 0.0619. The zero-order valence-electron chi connectivity index (χ0n) is 17.9. The van der Waals surface area contributed by atoms with Gasteiger partial charge in [-0.25, -0.2) is 0 Å². The third kappa shape index (κ3) is 6.07. The number of carbonyl (C=O) groups excluding carboxylic acids is 1. The van der Waals surface area contributed by atoms with Crippen LogP contribution in [-0.4, -0.2) is 42.1 Å². The summed E-state index contributed by atoms with van der Waals surface area (Å²) in [5.41, 5.74) is 2.39. The lowest BCUT2D eigenvalue weighted by molar-refractivity contribution is 0.0950. The lowest BCUT2D eigenvalue weighted by Crippen LogP contribution is -2.35. The fourth-order valence-electron chi connectivity index (χ4n) is 3.93. The molecule has 6 heteroatoms. The van der Waals surface area contributed by atoms with E-state index >= 15 is 0 Å². The number of nitrogens with one attached hydrogen (secondary N) is 1. The van der Waals surface area contributed by atoms with Crippen LogP contribution in [0.5, 0.6) is 5.75 Å². The molecule has 1 fully saturated rings. The summed E-state index contributed by atoms with van der Waals surface area (Å²) in [5.74, 6) is 1.36. The summed E-state index contributed by atoms with van der Waals surface area (Å²) in [6.45, 7) is 5.84. The molecule has 6 nitrogen and oxygen atoms in total. The Morgan fingerprint density at radius 3 is 2.79 bits per heavy atom. The van der Waals surface area contributed by atoms with Gasteiger partial charge in [-0.2, -0.15) is 0 Å². The number of hydrogen-bond acceptors (Lipinski definition) is 5. The molecule has 3 rings (SSSR count). The second-order valence-corrected chi connectivity index (χ2v) is 8.00. The number of nitrogens with zero attached hydrogens (tertiary/aromatic N) is 2. The first-order valence-electron chi connectivity index (χ1n) is 10.7. The highest BCUT2D eigenvalue weighted by atomic mass is 16.5. The van der Waals surface area contributed by atoms with Gasteiger partial charge < -0.3 is 19.5 Å². The molecule has 1 aliphatic carbocycles. The van der Waals surface area contributed by atoms with E-state index in [1.165, 1.54) is 32.1 Å². The maximum Gasteiger partial charge on any atom is 0.251 e. The van der Waals surface area contributed by atoms with Crippen molar-refractivity contribution in [1.82, 2.24) is 15.4 Å². The van der Waals surface area contributed by atoms with E-state index in [1.807, 2.05) is 32.0 Å². The van der Waals surface area contributed by atoms with Crippen LogP contribution in [-0.2, 0) is 6.61 Å². The van der Waals surface area contributed by atoms with Crippen LogP contribution in [0, 0.1) is 13.8 Å². The Labute approximate surface area is 173 Å². The van der Waals surface area contributed by atoms with Gasteiger partial charge in [-0.15, -0.1) is 0 Å². The van der Waals surface area contributed by atoms with Crippen molar-refractivity contribution in [1.29, 1.82) is 0 Å². The van der Waals surface area contributed by atoms with Crippen molar-refractivity contribution >= 4 is 5.91 Å². The van der Waals surface area contributed by atoms with E-state index in [1.54, 1.807) is 6.07 Å². The smallest absolute Gasteiger partial charge is 0.251 e. The predicted molar refractivity (Wildman–Crippen MR) is 113 cm³/mol. The topological polar surface area (TPSA) is 67.6 Å². The number of aromatic nitrogens is 1. The van der Waals surface area contributed by atoms with Gasteiger partial charge in [0.25, 0.3) is 5.91 Å². The lowest BCUT2D eigenvalue weighted by atomic mass is 9.94. The molecule has 0 aliphatic heterocycles. The molecule has 29 heavy (non-hydrogen) atoms. The van der Waals surface area contributed by atoms with Crippen molar-refractivity contribution in [3.8, 4) is 5.75 Å². The van der Waals surface area contributed by atoms with Gasteiger partial charge in [0.05, 0.1) is 11.3 Å². The van der Waals surface area contributed by atoms with Crippen LogP contribution in [0.15, 0.2) is 28.8 Å². The average Bonchev–Trinajstić information content (AvgIpc) is 3.07. The van der Waals surface area contributed by atoms with Crippen LogP contribution in [0.1, 0.15) is 65.9 Å². The summed E-state index contributed by atoms with van der Waals surface area (Å²) in [4.78, 5) is 14.9. The number of amides is 1. The van der Waals surface area contributed by atoms with E-state index in [9.17, 15) is 4.79 Å². The molecule has 1 heterocycles. The Hall–Kier alpha value is -2.34. The predicted octanol–water partition coefficient (Wildman–Crippen LogP) is 4.25. The molecule has 1 saturated carbocycles. The van der Waals surface area contributed by atoms with Crippen molar-refractivity contribution in [3.63, 3.8) is 0 Å². The molecular formula is C23H33N3O3. The number of hydrogen-bond donors (Lipinski definition) is 1. The molecule has 2 aromatic rings. The van der Waals surface area contributed by atoms with E-state index in [2.05, 4.69) is 22.4 Å². The highest BCUT2D eigenvalue weighted by molar-refractivity contribution is 5.94. The molecule has 0 radical (unpaired) electrons. The molecule has 1 aromatic carbocycles. The molecule has 1 amide bonds. The van der Waals surface area contributed by atoms with Crippen molar-refractivity contribution in [2.45, 2.75) is 65.0 Å². The number of benzene rings is 1. The molecule has 0 saturated heterocycles. The maximum atomic E-state index is 12.5. The molecular weight excluding hydrogens is 366 g/mol. The largest absolute Gasteiger partial charge is 0.489 e. The van der Waals surface area contributed by atoms with Crippen LogP contribution in [0.2, 0.25) is 0 Å². The number of rotatable bonds is 9. The molecule has 0 bridgehead atoms. The van der Waals surface area contributed by atoms with E-state index in [4.69, 9.17) is 9.26 Å². The summed E-state index contributed by atoms with van der Waals surface area (Å²) >= 11 is 0. The molecule has 0 atom stereocenters. The van der Waals surface area contributed by atoms with Crippen molar-refractivity contribution in [3.05, 3.63) is 46.8 Å². The summed E-state index contributed by atoms with van der Waals surface area (Å²) in [5, 5.41) is 6.96. The van der Waals surface area contributed by atoms with Crippen molar-refractivity contribution in [2.24, 2.45) is 0 Å². The average molecular weight is 400 g/mol. The first kappa shape index (κ1) is 21.4. The number of aryl methyl sites for hydroxylation is 2. The normalized spacial score (nSPS) is 14.9. The second kappa shape index (κ2) is 10.4. The lowest BCUT2D eigenvalue weighted by Gasteiger charge is -2.31. The minimum Gasteiger partial charge on any atom is -0.489 e. The van der Waals surface area contributed by atoms with Gasteiger partial charge in [-0.05, 0) is 64.9 Å². The molecule has 1 aromatic heterocycles. The van der Waals surface area contributed by atoms with E-state index < -0.39 is 0 Å². The summed E-state index contributed by atoms with van der Waals surface area (Å²) < 4.78 is 11.0. The van der Waals surface area contributed by atoms with Gasteiger partial charge in [-0.3, -0.25) is 4.79 Å². The van der Waals surface area contributed by atoms with Crippen LogP contribution in [0.25, 0.3) is 0 Å². The first-order valence-corrected chi connectivity index (χ1v) is 10.7. The zero-order valence-corrected chi connectivity index (χ0v) is 17.9. The monoisotopic (exact) mass is 399 g/mol. The summed E-state index contributed by atoms with van der Waals surface area (Å²) in [7, 11) is 2.21. The van der Waals surface area contributed by atoms with Crippen LogP contribution >= 0.6 is 0 Å². The Bertz CT molecular complexity index is 777. The Morgan fingerprint density at radius 1 is 1.28 bits per heavy atom. The van der Waals surface area contributed by atoms with Gasteiger partial charge >= 0.3 is 0 Å². The molecule has 158 valence electrons. The van der Waals surface area contributed by atoms with E-state index in [0.717, 1.165) is 30.0 Å². The fourth-order valence-corrected chi connectivity index (χ4v) is 3.93. The fraction of sp³-hybridized carbons (Fsp3) is 0.565. The molecule has 0 spiro atoms. The van der Waals surface area contributed by atoms with Crippen LogP contribution in [0.4, 0.5) is 0 Å². The van der Waals surface area contributed by atoms with Crippen molar-refractivity contribution < 1.29 is 14.1 Å². The van der Waals surface area contributed by atoms with E-state index in [0.29, 0.717) is 30.5 Å². The van der Waals surface area contributed by atoms with Crippen LogP contribution < -0.4 is 10.1 Å². The minimum atomic E-state index is -0.0619. The Morgan fingerprint density at radius 2 is 2.07 bits per heavy atom. The number of carbonyl (C=O) groups is 1. The highest BCUT2D eigenvalue weighted by Crippen LogP contribution is 2.21. The molecule has 1 N–H and O–H groups in total. The molecule has 0 unspecified atom stereocenters. The maximum absolute atomic E-state index is 12.5. The molecule has 1 aliphatic rings. The summed E-state index contributed by atoms with van der Waals surface area (Å²) in [6.07, 6.45) is 7.65. The zero-order chi connectivity index (χ0) is 20.6. The van der Waals surface area contributed by atoms with Crippen molar-refractivity contribution in [2.75, 3.05) is 20.1 Å². The standard InChI is InChI=1S/C23H33N3O3/c1-17-22(18(2)29-25-17)16-28-21-12-7-9-19(15-21)23(27)24-13-8-14-26(3)20-10-5-4-6-11-20/h7,9,12,15,20H,4-6,8,10-11,13-14,16H2,1-3H3,(H,24,27). The second-order valence-electron chi connectivity index (χ2n) is 8.00.